The van der Waals surface area contributed by atoms with Crippen LogP contribution < -0.4 is 11.2 Å². The molecule has 1 aromatic rings. The van der Waals surface area contributed by atoms with Gasteiger partial charge in [0.25, 0.3) is 0 Å². The normalized spacial score (nSPS) is 8.53. The van der Waals surface area contributed by atoms with Crippen LogP contribution >= 0.6 is 0 Å². The molecule has 0 heterocycles. The Kier molecular flexibility index (Phi) is 6.07. The minimum atomic E-state index is -0.992. The second-order valence-corrected chi connectivity index (χ2v) is 2.37. The zero-order valence-electron chi connectivity index (χ0n) is 7.06. The number of nitrogens with two attached hydrogens (primary N) is 1. The zero-order valence-corrected chi connectivity index (χ0v) is 7.06. The molecule has 78 valence electrons. The summed E-state index contributed by atoms with van der Waals surface area (Å²) in [6.45, 7) is 0. The van der Waals surface area contributed by atoms with Gasteiger partial charge in [-0.1, -0.05) is 12.1 Å². The van der Waals surface area contributed by atoms with Crippen LogP contribution in [-0.2, 0) is 4.84 Å². The van der Waals surface area contributed by atoms with Crippen LogP contribution in [0, 0.1) is 0 Å². The summed E-state index contributed by atoms with van der Waals surface area (Å²) in [6.07, 6.45) is 0. The molecule has 0 spiro atoms. The molecule has 1 rings (SSSR count). The number of para-hydroxylation sites is 1. The number of carbonyl (C=O) groups is 2. The molecule has 0 saturated heterocycles. The fraction of sp³-hybridized carbons (Fsp3) is 0. The molecule has 6 nitrogen and oxygen atoms in total. The maximum atomic E-state index is 11.1. The number of hydrogen-bond donors (Lipinski definition) is 3. The van der Waals surface area contributed by atoms with Crippen LogP contribution in [0.2, 0.25) is 0 Å². The van der Waals surface area contributed by atoms with E-state index in [2.05, 4.69) is 10.6 Å². The molecule has 0 aliphatic heterocycles. The van der Waals surface area contributed by atoms with Crippen LogP contribution in [0.25, 0.3) is 0 Å². The number of phenolic OH excluding ortho intramolecular Hbond substituents is 1. The first-order valence-electron chi connectivity index (χ1n) is 3.66. The van der Waals surface area contributed by atoms with E-state index >= 15 is 0 Å². The van der Waals surface area contributed by atoms with Gasteiger partial charge < -0.3 is 15.7 Å². The van der Waals surface area contributed by atoms with E-state index in [0.717, 1.165) is 0 Å². The van der Waals surface area contributed by atoms with Crippen molar-refractivity contribution in [2.24, 2.45) is 5.73 Å². The molecule has 0 fully saturated rings. The van der Waals surface area contributed by atoms with Gasteiger partial charge in [0.05, 0.1) is 0 Å². The van der Waals surface area contributed by atoms with Gasteiger partial charge in [-0.15, -0.1) is 0 Å². The van der Waals surface area contributed by atoms with Crippen molar-refractivity contribution in [3.63, 3.8) is 0 Å². The van der Waals surface area contributed by atoms with Crippen molar-refractivity contribution in [1.82, 2.24) is 5.48 Å². The van der Waals surface area contributed by atoms with Crippen LogP contribution in [0.5, 0.6) is 5.75 Å². The number of rotatable bonds is 1. The van der Waals surface area contributed by atoms with Gasteiger partial charge >= 0.3 is 49.7 Å². The molecule has 0 bridgehead atoms. The number of benzene rings is 1. The summed E-state index contributed by atoms with van der Waals surface area (Å²) in [4.78, 5) is 25.6. The SMILES string of the molecule is NC(=O)NOC(=O)c1ccccc1O.[CaH2]. The first-order valence-corrected chi connectivity index (χ1v) is 3.66. The van der Waals surface area contributed by atoms with E-state index in [1.165, 1.54) is 12.1 Å². The third-order valence-corrected chi connectivity index (χ3v) is 1.37. The third-order valence-electron chi connectivity index (χ3n) is 1.37. The van der Waals surface area contributed by atoms with Gasteiger partial charge in [0.1, 0.15) is 11.3 Å². The van der Waals surface area contributed by atoms with Crippen molar-refractivity contribution in [2.75, 3.05) is 0 Å². The second kappa shape index (κ2) is 6.49. The number of hydrogen-bond acceptors (Lipinski definition) is 4. The Labute approximate surface area is 115 Å². The average molecular weight is 238 g/mol. The van der Waals surface area contributed by atoms with Gasteiger partial charge in [0.15, 0.2) is 0 Å². The standard InChI is InChI=1S/C8H8N2O4.Ca.2H/c9-8(13)10-14-7(12)5-3-1-2-4-6(5)11;;;/h1-4,11H,(H3,9,10,13);;;. The zero-order chi connectivity index (χ0) is 10.6. The summed E-state index contributed by atoms with van der Waals surface area (Å²) in [5.41, 5.74) is 6.26. The fourth-order valence-electron chi connectivity index (χ4n) is 0.798. The topological polar surface area (TPSA) is 102 Å². The van der Waals surface area contributed by atoms with Crippen LogP contribution in [0.3, 0.4) is 0 Å². The van der Waals surface area contributed by atoms with E-state index in [0.29, 0.717) is 0 Å². The molecule has 0 aromatic heterocycles. The van der Waals surface area contributed by atoms with Crippen LogP contribution in [0.4, 0.5) is 4.79 Å². The first-order chi connectivity index (χ1) is 6.61. The Morgan fingerprint density at radius 3 is 2.47 bits per heavy atom. The molecular formula is C8H10CaN2O4. The number of urea groups is 1. The Balaban J connectivity index is 0.00000196. The molecule has 2 amide bonds. The molecule has 1 aromatic carbocycles. The number of primary amides is 1. The molecule has 15 heavy (non-hydrogen) atoms. The predicted octanol–water partition coefficient (Wildman–Crippen LogP) is -0.784. The second-order valence-electron chi connectivity index (χ2n) is 2.37. The molecule has 7 heteroatoms. The van der Waals surface area contributed by atoms with Crippen molar-refractivity contribution in [2.45, 2.75) is 0 Å². The summed E-state index contributed by atoms with van der Waals surface area (Å²) in [7, 11) is 0. The number of carbonyl (C=O) groups excluding carboxylic acids is 2. The number of nitrogens with one attached hydrogen (secondary N) is 1. The van der Waals surface area contributed by atoms with E-state index in [1.54, 1.807) is 17.6 Å². The van der Waals surface area contributed by atoms with Crippen molar-refractivity contribution in [1.29, 1.82) is 0 Å². The van der Waals surface area contributed by atoms with Gasteiger partial charge in [-0.25, -0.2) is 9.59 Å². The van der Waals surface area contributed by atoms with Crippen molar-refractivity contribution in [3.05, 3.63) is 29.8 Å². The Morgan fingerprint density at radius 2 is 1.93 bits per heavy atom. The number of phenols is 1. The van der Waals surface area contributed by atoms with E-state index in [1.807, 2.05) is 0 Å². The monoisotopic (exact) mass is 238 g/mol. The summed E-state index contributed by atoms with van der Waals surface area (Å²) >= 11 is 0. The molecule has 0 unspecified atom stereocenters. The Morgan fingerprint density at radius 1 is 1.33 bits per heavy atom. The van der Waals surface area contributed by atoms with E-state index < -0.39 is 12.0 Å². The summed E-state index contributed by atoms with van der Waals surface area (Å²) in [5, 5.41) is 9.20. The molecule has 4 N–H and O–H groups in total. The Bertz CT molecular complexity index is 369. The summed E-state index contributed by atoms with van der Waals surface area (Å²) in [6, 6.07) is 4.77. The van der Waals surface area contributed by atoms with Gasteiger partial charge in [-0.05, 0) is 12.1 Å². The van der Waals surface area contributed by atoms with Crippen molar-refractivity contribution >= 4 is 49.7 Å². The fourth-order valence-corrected chi connectivity index (χ4v) is 0.798. The number of aromatic hydroxyl groups is 1. The molecule has 0 radical (unpaired) electrons. The van der Waals surface area contributed by atoms with Crippen LogP contribution in [0.15, 0.2) is 24.3 Å². The number of amides is 2. The van der Waals surface area contributed by atoms with Gasteiger partial charge in [-0.2, -0.15) is 5.48 Å². The molecule has 0 aliphatic carbocycles. The van der Waals surface area contributed by atoms with Gasteiger partial charge in [-0.3, -0.25) is 0 Å². The van der Waals surface area contributed by atoms with Crippen molar-refractivity contribution < 1.29 is 19.5 Å². The van der Waals surface area contributed by atoms with Crippen LogP contribution in [-0.4, -0.2) is 54.8 Å². The summed E-state index contributed by atoms with van der Waals surface area (Å²) < 4.78 is 0. The first kappa shape index (κ1) is 14.0. The quantitative estimate of drug-likeness (QED) is 0.441. The van der Waals surface area contributed by atoms with Gasteiger partial charge in [0.2, 0.25) is 0 Å². The minimum absolute atomic E-state index is 0. The van der Waals surface area contributed by atoms with Gasteiger partial charge in [0, 0.05) is 0 Å². The van der Waals surface area contributed by atoms with E-state index in [-0.39, 0.29) is 49.1 Å². The van der Waals surface area contributed by atoms with Crippen LogP contribution in [0.1, 0.15) is 10.4 Å². The average Bonchev–Trinajstić information content (AvgIpc) is 2.15. The Hall–Kier alpha value is -0.980. The van der Waals surface area contributed by atoms with E-state index in [9.17, 15) is 14.7 Å². The molecule has 0 atom stereocenters. The molecular weight excluding hydrogens is 228 g/mol. The predicted molar refractivity (Wildman–Crippen MR) is 54.8 cm³/mol. The van der Waals surface area contributed by atoms with E-state index in [4.69, 9.17) is 0 Å². The third kappa shape index (κ3) is 4.37. The van der Waals surface area contributed by atoms with Crippen molar-refractivity contribution in [3.8, 4) is 5.75 Å². The molecule has 0 saturated carbocycles. The maximum absolute atomic E-state index is 11.1. The molecule has 0 aliphatic rings. The summed E-state index contributed by atoms with van der Waals surface area (Å²) in [5.74, 6) is -1.12. The number of hydroxylamine groups is 1.